The minimum Gasteiger partial charge on any atom is -0.437 e. The molecule has 5 heteroatoms. The fourth-order valence-electron chi connectivity index (χ4n) is 2.14. The third-order valence-corrected chi connectivity index (χ3v) is 3.46. The molecule has 21 heavy (non-hydrogen) atoms. The Labute approximate surface area is 127 Å². The number of halogens is 1. The van der Waals surface area contributed by atoms with Gasteiger partial charge in [0.25, 0.3) is 0 Å². The van der Waals surface area contributed by atoms with Crippen molar-refractivity contribution in [2.75, 3.05) is 0 Å². The van der Waals surface area contributed by atoms with Crippen LogP contribution in [0.3, 0.4) is 0 Å². The largest absolute Gasteiger partial charge is 0.437 e. The summed E-state index contributed by atoms with van der Waals surface area (Å²) in [4.78, 5) is 12.6. The summed E-state index contributed by atoms with van der Waals surface area (Å²) in [6, 6.07) is 9.81. The number of para-hydroxylation sites is 1. The van der Waals surface area contributed by atoms with Crippen LogP contribution in [0.2, 0.25) is 5.15 Å². The maximum atomic E-state index is 6.14. The zero-order valence-corrected chi connectivity index (χ0v) is 12.5. The summed E-state index contributed by atoms with van der Waals surface area (Å²) in [5.74, 6) is 1.27. The molecule has 0 aliphatic rings. The summed E-state index contributed by atoms with van der Waals surface area (Å²) < 4.78 is 5.86. The average Bonchev–Trinajstić information content (AvgIpc) is 2.47. The van der Waals surface area contributed by atoms with Gasteiger partial charge in [0.2, 0.25) is 5.88 Å². The molecule has 0 N–H and O–H groups in total. The van der Waals surface area contributed by atoms with Gasteiger partial charge in [0.05, 0.1) is 17.3 Å². The summed E-state index contributed by atoms with van der Waals surface area (Å²) in [5.41, 5.74) is 1.72. The Hall–Kier alpha value is -2.20. The molecule has 0 fully saturated rings. The van der Waals surface area contributed by atoms with Gasteiger partial charge in [-0.2, -0.15) is 0 Å². The number of aromatic nitrogens is 3. The van der Waals surface area contributed by atoms with Crippen LogP contribution in [0.4, 0.5) is 0 Å². The SMILES string of the molecule is CC(C)c1c(Cl)ncnc1Oc1cnc2ccccc2c1. The second kappa shape index (κ2) is 5.66. The lowest BCUT2D eigenvalue weighted by Gasteiger charge is -2.13. The van der Waals surface area contributed by atoms with Gasteiger partial charge in [-0.15, -0.1) is 0 Å². The summed E-state index contributed by atoms with van der Waals surface area (Å²) >= 11 is 6.14. The quantitative estimate of drug-likeness (QED) is 0.663. The first-order valence-corrected chi connectivity index (χ1v) is 7.06. The third-order valence-electron chi connectivity index (χ3n) is 3.16. The maximum Gasteiger partial charge on any atom is 0.227 e. The standard InChI is InChI=1S/C16H14ClN3O/c1-10(2)14-15(17)19-9-20-16(14)21-12-7-11-5-3-4-6-13(11)18-8-12/h3-10H,1-2H3. The van der Waals surface area contributed by atoms with Gasteiger partial charge in [-0.05, 0) is 18.1 Å². The van der Waals surface area contributed by atoms with Gasteiger partial charge in [-0.1, -0.05) is 43.6 Å². The zero-order valence-electron chi connectivity index (χ0n) is 11.7. The molecular formula is C16H14ClN3O. The fourth-order valence-corrected chi connectivity index (χ4v) is 2.49. The number of nitrogens with zero attached hydrogens (tertiary/aromatic N) is 3. The smallest absolute Gasteiger partial charge is 0.227 e. The van der Waals surface area contributed by atoms with Crippen molar-refractivity contribution in [3.8, 4) is 11.6 Å². The van der Waals surface area contributed by atoms with E-state index in [1.54, 1.807) is 6.20 Å². The van der Waals surface area contributed by atoms with E-state index in [-0.39, 0.29) is 5.92 Å². The van der Waals surface area contributed by atoms with Crippen LogP contribution in [-0.2, 0) is 0 Å². The molecule has 3 aromatic rings. The molecule has 0 bridgehead atoms. The van der Waals surface area contributed by atoms with Crippen LogP contribution in [0.15, 0.2) is 42.9 Å². The summed E-state index contributed by atoms with van der Waals surface area (Å²) in [6.07, 6.45) is 3.08. The lowest BCUT2D eigenvalue weighted by atomic mass is 10.1. The van der Waals surface area contributed by atoms with Crippen LogP contribution in [0.5, 0.6) is 11.6 Å². The monoisotopic (exact) mass is 299 g/mol. The lowest BCUT2D eigenvalue weighted by molar-refractivity contribution is 0.450. The van der Waals surface area contributed by atoms with Crippen LogP contribution in [0.25, 0.3) is 10.9 Å². The highest BCUT2D eigenvalue weighted by Gasteiger charge is 2.15. The van der Waals surface area contributed by atoms with Crippen molar-refractivity contribution in [1.29, 1.82) is 0 Å². The van der Waals surface area contributed by atoms with Crippen molar-refractivity contribution >= 4 is 22.5 Å². The molecule has 0 unspecified atom stereocenters. The molecule has 106 valence electrons. The zero-order chi connectivity index (χ0) is 14.8. The van der Waals surface area contributed by atoms with E-state index >= 15 is 0 Å². The molecule has 0 atom stereocenters. The van der Waals surface area contributed by atoms with Gasteiger partial charge in [0.1, 0.15) is 17.2 Å². The molecule has 0 radical (unpaired) electrons. The topological polar surface area (TPSA) is 47.9 Å². The molecule has 3 rings (SSSR count). The first-order valence-electron chi connectivity index (χ1n) is 6.68. The van der Waals surface area contributed by atoms with Gasteiger partial charge in [0.15, 0.2) is 0 Å². The van der Waals surface area contributed by atoms with Crippen molar-refractivity contribution in [2.45, 2.75) is 19.8 Å². The molecule has 0 saturated heterocycles. The van der Waals surface area contributed by atoms with E-state index in [9.17, 15) is 0 Å². The minimum absolute atomic E-state index is 0.169. The highest BCUT2D eigenvalue weighted by molar-refractivity contribution is 6.30. The lowest BCUT2D eigenvalue weighted by Crippen LogP contribution is -1.99. The summed E-state index contributed by atoms with van der Waals surface area (Å²) in [5, 5.41) is 1.44. The van der Waals surface area contributed by atoms with Gasteiger partial charge in [-0.25, -0.2) is 9.97 Å². The van der Waals surface area contributed by atoms with Crippen molar-refractivity contribution in [1.82, 2.24) is 15.0 Å². The van der Waals surface area contributed by atoms with Crippen LogP contribution >= 0.6 is 11.6 Å². The Bertz CT molecular complexity index is 789. The number of benzene rings is 1. The molecule has 4 nitrogen and oxygen atoms in total. The first kappa shape index (κ1) is 13.8. The number of ether oxygens (including phenoxy) is 1. The van der Waals surface area contributed by atoms with E-state index in [0.29, 0.717) is 16.8 Å². The predicted octanol–water partition coefficient (Wildman–Crippen LogP) is 4.59. The van der Waals surface area contributed by atoms with Crippen LogP contribution in [0, 0.1) is 0 Å². The van der Waals surface area contributed by atoms with E-state index in [0.717, 1.165) is 16.5 Å². The Kier molecular flexibility index (Phi) is 3.71. The Morgan fingerprint density at radius 2 is 1.90 bits per heavy atom. The minimum atomic E-state index is 0.169. The number of hydrogen-bond acceptors (Lipinski definition) is 4. The highest BCUT2D eigenvalue weighted by Crippen LogP contribution is 2.32. The Balaban J connectivity index is 2.00. The van der Waals surface area contributed by atoms with Crippen LogP contribution in [-0.4, -0.2) is 15.0 Å². The summed E-state index contributed by atoms with van der Waals surface area (Å²) in [6.45, 7) is 4.05. The average molecular weight is 300 g/mol. The van der Waals surface area contributed by atoms with E-state index in [1.165, 1.54) is 6.33 Å². The molecular weight excluding hydrogens is 286 g/mol. The Morgan fingerprint density at radius 3 is 2.71 bits per heavy atom. The van der Waals surface area contributed by atoms with Gasteiger partial charge < -0.3 is 4.74 Å². The first-order chi connectivity index (χ1) is 10.1. The third kappa shape index (κ3) is 2.81. The highest BCUT2D eigenvalue weighted by atomic mass is 35.5. The molecule has 2 heterocycles. The van der Waals surface area contributed by atoms with E-state index in [2.05, 4.69) is 15.0 Å². The molecule has 0 aliphatic carbocycles. The van der Waals surface area contributed by atoms with E-state index in [1.807, 2.05) is 44.2 Å². The summed E-state index contributed by atoms with van der Waals surface area (Å²) in [7, 11) is 0. The normalized spacial score (nSPS) is 11.0. The van der Waals surface area contributed by atoms with Crippen molar-refractivity contribution in [3.05, 3.63) is 53.6 Å². The second-order valence-corrected chi connectivity index (χ2v) is 5.36. The van der Waals surface area contributed by atoms with Crippen molar-refractivity contribution in [2.24, 2.45) is 0 Å². The molecule has 1 aromatic carbocycles. The molecule has 0 spiro atoms. The number of fused-ring (bicyclic) bond motifs is 1. The van der Waals surface area contributed by atoms with Crippen LogP contribution < -0.4 is 4.74 Å². The number of hydrogen-bond donors (Lipinski definition) is 0. The van der Waals surface area contributed by atoms with E-state index < -0.39 is 0 Å². The van der Waals surface area contributed by atoms with Gasteiger partial charge >= 0.3 is 0 Å². The number of rotatable bonds is 3. The van der Waals surface area contributed by atoms with Crippen molar-refractivity contribution < 1.29 is 4.74 Å². The second-order valence-electron chi connectivity index (χ2n) is 5.00. The molecule has 0 aliphatic heterocycles. The molecule has 0 saturated carbocycles. The Morgan fingerprint density at radius 1 is 1.10 bits per heavy atom. The van der Waals surface area contributed by atoms with Gasteiger partial charge in [0, 0.05) is 5.39 Å². The van der Waals surface area contributed by atoms with E-state index in [4.69, 9.17) is 16.3 Å². The predicted molar refractivity (Wildman–Crippen MR) is 82.9 cm³/mol. The van der Waals surface area contributed by atoms with Crippen LogP contribution in [0.1, 0.15) is 25.3 Å². The van der Waals surface area contributed by atoms with Gasteiger partial charge in [-0.3, -0.25) is 4.98 Å². The fraction of sp³-hybridized carbons (Fsp3) is 0.188. The number of pyridine rings is 1. The molecule has 2 aromatic heterocycles. The maximum absolute atomic E-state index is 6.14. The molecule has 0 amide bonds. The van der Waals surface area contributed by atoms with Crippen molar-refractivity contribution in [3.63, 3.8) is 0 Å².